The van der Waals surface area contributed by atoms with Gasteiger partial charge in [-0.15, -0.1) is 0 Å². The van der Waals surface area contributed by atoms with E-state index in [2.05, 4.69) is 33.0 Å². The molecule has 1 aromatic rings. The molecule has 2 rings (SSSR count). The first-order valence-corrected chi connectivity index (χ1v) is 6.88. The molecule has 0 saturated heterocycles. The van der Waals surface area contributed by atoms with Gasteiger partial charge in [-0.2, -0.15) is 0 Å². The van der Waals surface area contributed by atoms with Crippen LogP contribution in [0.4, 0.5) is 0 Å². The molecule has 0 heterocycles. The fourth-order valence-corrected chi connectivity index (χ4v) is 2.93. The molecule has 0 spiro atoms. The van der Waals surface area contributed by atoms with E-state index in [1.54, 1.807) is 0 Å². The van der Waals surface area contributed by atoms with Gasteiger partial charge in [-0.3, -0.25) is 4.79 Å². The molecule has 1 aromatic carbocycles. The van der Waals surface area contributed by atoms with Crippen LogP contribution in [0.15, 0.2) is 24.3 Å². The number of benzene rings is 1. The summed E-state index contributed by atoms with van der Waals surface area (Å²) in [7, 11) is 0. The van der Waals surface area contributed by atoms with Crippen LogP contribution in [0.25, 0.3) is 0 Å². The maximum Gasteiger partial charge on any atom is 0.251 e. The molecule has 0 aromatic heterocycles. The van der Waals surface area contributed by atoms with Gasteiger partial charge in [0.15, 0.2) is 0 Å². The van der Waals surface area contributed by atoms with Crippen molar-refractivity contribution in [2.45, 2.75) is 34.2 Å². The zero-order chi connectivity index (χ0) is 14.3. The molecule has 0 radical (unpaired) electrons. The number of nitrogens with one attached hydrogen (secondary N) is 1. The van der Waals surface area contributed by atoms with Crippen LogP contribution < -0.4 is 11.1 Å². The maximum atomic E-state index is 12.1. The lowest BCUT2D eigenvalue weighted by Gasteiger charge is -2.07. The smallest absolute Gasteiger partial charge is 0.251 e. The van der Waals surface area contributed by atoms with Gasteiger partial charge in [-0.1, -0.05) is 39.8 Å². The van der Waals surface area contributed by atoms with Crippen LogP contribution in [-0.4, -0.2) is 12.5 Å². The summed E-state index contributed by atoms with van der Waals surface area (Å²) in [5, 5.41) is 3.04. The van der Waals surface area contributed by atoms with Gasteiger partial charge in [0, 0.05) is 18.7 Å². The minimum Gasteiger partial charge on any atom is -0.352 e. The zero-order valence-electron chi connectivity index (χ0n) is 12.3. The lowest BCUT2D eigenvalue weighted by Crippen LogP contribution is -2.27. The molecular weight excluding hydrogens is 236 g/mol. The van der Waals surface area contributed by atoms with Crippen molar-refractivity contribution in [3.05, 3.63) is 35.4 Å². The second kappa shape index (κ2) is 4.64. The van der Waals surface area contributed by atoms with Crippen LogP contribution in [0.3, 0.4) is 0 Å². The highest BCUT2D eigenvalue weighted by Crippen LogP contribution is 2.67. The van der Waals surface area contributed by atoms with E-state index in [1.807, 2.05) is 24.3 Å². The number of amides is 1. The third-order valence-electron chi connectivity index (χ3n) is 5.24. The Hall–Kier alpha value is -1.35. The molecule has 1 amide bonds. The lowest BCUT2D eigenvalue weighted by atomic mass is 10.0. The highest BCUT2D eigenvalue weighted by molar-refractivity contribution is 5.94. The quantitative estimate of drug-likeness (QED) is 0.874. The molecule has 3 N–H and O–H groups in total. The Morgan fingerprint density at radius 1 is 1.16 bits per heavy atom. The number of carbonyl (C=O) groups excluding carboxylic acids is 1. The van der Waals surface area contributed by atoms with E-state index < -0.39 is 0 Å². The third-order valence-corrected chi connectivity index (χ3v) is 5.24. The van der Waals surface area contributed by atoms with Gasteiger partial charge in [0.1, 0.15) is 0 Å². The Labute approximate surface area is 115 Å². The third kappa shape index (κ3) is 2.39. The molecule has 0 atom stereocenters. The molecule has 19 heavy (non-hydrogen) atoms. The van der Waals surface area contributed by atoms with Crippen molar-refractivity contribution in [3.63, 3.8) is 0 Å². The highest BCUT2D eigenvalue weighted by atomic mass is 16.1. The zero-order valence-corrected chi connectivity index (χ0v) is 12.3. The largest absolute Gasteiger partial charge is 0.352 e. The van der Waals surface area contributed by atoms with Crippen LogP contribution >= 0.6 is 0 Å². The second-order valence-electron chi connectivity index (χ2n) is 6.61. The minimum atomic E-state index is 0.00192. The summed E-state index contributed by atoms with van der Waals surface area (Å²) in [6.45, 7) is 10.3. The van der Waals surface area contributed by atoms with Crippen molar-refractivity contribution in [1.29, 1.82) is 0 Å². The van der Waals surface area contributed by atoms with Crippen molar-refractivity contribution in [3.8, 4) is 0 Å². The summed E-state index contributed by atoms with van der Waals surface area (Å²) in [4.78, 5) is 12.1. The van der Waals surface area contributed by atoms with Crippen molar-refractivity contribution in [2.75, 3.05) is 6.54 Å². The molecule has 3 nitrogen and oxygen atoms in total. The first-order chi connectivity index (χ1) is 8.80. The van der Waals surface area contributed by atoms with Crippen LogP contribution in [0, 0.1) is 16.7 Å². The van der Waals surface area contributed by atoms with Crippen molar-refractivity contribution < 1.29 is 4.79 Å². The normalized spacial score (nSPS) is 20.1. The molecule has 1 aliphatic carbocycles. The van der Waals surface area contributed by atoms with Gasteiger partial charge in [-0.05, 0) is 34.4 Å². The Kier molecular flexibility index (Phi) is 3.43. The summed E-state index contributed by atoms with van der Waals surface area (Å²) >= 11 is 0. The Bertz CT molecular complexity index is 460. The fraction of sp³-hybridized carbons (Fsp3) is 0.562. The van der Waals surface area contributed by atoms with Gasteiger partial charge in [-0.25, -0.2) is 0 Å². The van der Waals surface area contributed by atoms with Gasteiger partial charge in [0.05, 0.1) is 0 Å². The van der Waals surface area contributed by atoms with E-state index in [0.717, 1.165) is 12.1 Å². The molecule has 1 aliphatic rings. The first kappa shape index (κ1) is 14.1. The van der Waals surface area contributed by atoms with E-state index in [0.29, 0.717) is 28.9 Å². The van der Waals surface area contributed by atoms with Gasteiger partial charge < -0.3 is 11.1 Å². The summed E-state index contributed by atoms with van der Waals surface area (Å²) in [5.74, 6) is 0.550. The first-order valence-electron chi connectivity index (χ1n) is 6.88. The fourth-order valence-electron chi connectivity index (χ4n) is 2.93. The lowest BCUT2D eigenvalue weighted by molar-refractivity contribution is 0.0950. The average molecular weight is 260 g/mol. The predicted molar refractivity (Wildman–Crippen MR) is 77.7 cm³/mol. The van der Waals surface area contributed by atoms with E-state index in [1.165, 1.54) is 0 Å². The Morgan fingerprint density at radius 3 is 2.11 bits per heavy atom. The van der Waals surface area contributed by atoms with E-state index in [-0.39, 0.29) is 5.91 Å². The van der Waals surface area contributed by atoms with E-state index in [4.69, 9.17) is 5.73 Å². The molecule has 3 heteroatoms. The number of carbonyl (C=O) groups is 1. The topological polar surface area (TPSA) is 55.1 Å². The number of hydrogen-bond donors (Lipinski definition) is 2. The molecule has 0 aliphatic heterocycles. The summed E-state index contributed by atoms with van der Waals surface area (Å²) in [5.41, 5.74) is 7.91. The summed E-state index contributed by atoms with van der Waals surface area (Å²) in [6.07, 6.45) is 0. The Balaban J connectivity index is 1.92. The van der Waals surface area contributed by atoms with Crippen LogP contribution in [0.2, 0.25) is 0 Å². The highest BCUT2D eigenvalue weighted by Gasteiger charge is 2.64. The monoisotopic (exact) mass is 260 g/mol. The summed E-state index contributed by atoms with van der Waals surface area (Å²) in [6, 6.07) is 7.47. The molecule has 1 fully saturated rings. The molecule has 0 unspecified atom stereocenters. The minimum absolute atomic E-state index is 0.00192. The van der Waals surface area contributed by atoms with Crippen molar-refractivity contribution >= 4 is 5.91 Å². The number of rotatable bonds is 4. The van der Waals surface area contributed by atoms with Gasteiger partial charge in [0.2, 0.25) is 0 Å². The number of nitrogens with two attached hydrogens (primary N) is 1. The van der Waals surface area contributed by atoms with E-state index >= 15 is 0 Å². The van der Waals surface area contributed by atoms with Gasteiger partial charge >= 0.3 is 0 Å². The maximum absolute atomic E-state index is 12.1. The van der Waals surface area contributed by atoms with Crippen LogP contribution in [0.5, 0.6) is 0 Å². The number of hydrogen-bond acceptors (Lipinski definition) is 2. The standard InChI is InChI=1S/C16H24N2O/c1-15(2)13(16(15,3)4)10-18-14(19)12-7-5-11(9-17)6-8-12/h5-8,13H,9-10,17H2,1-4H3,(H,18,19). The second-order valence-corrected chi connectivity index (χ2v) is 6.61. The van der Waals surface area contributed by atoms with E-state index in [9.17, 15) is 4.79 Å². The van der Waals surface area contributed by atoms with Gasteiger partial charge in [0.25, 0.3) is 5.91 Å². The van der Waals surface area contributed by atoms with Crippen LogP contribution in [-0.2, 0) is 6.54 Å². The van der Waals surface area contributed by atoms with Crippen molar-refractivity contribution in [1.82, 2.24) is 5.32 Å². The predicted octanol–water partition coefficient (Wildman–Crippen LogP) is 2.56. The molecule has 1 saturated carbocycles. The average Bonchev–Trinajstić information content (AvgIpc) is 2.77. The summed E-state index contributed by atoms with van der Waals surface area (Å²) < 4.78 is 0. The molecule has 104 valence electrons. The Morgan fingerprint density at radius 2 is 1.68 bits per heavy atom. The molecular formula is C16H24N2O. The molecule has 0 bridgehead atoms. The van der Waals surface area contributed by atoms with Crippen LogP contribution in [0.1, 0.15) is 43.6 Å². The van der Waals surface area contributed by atoms with Crippen molar-refractivity contribution in [2.24, 2.45) is 22.5 Å². The SMILES string of the molecule is CC1(C)C(CNC(=O)c2ccc(CN)cc2)C1(C)C.